The van der Waals surface area contributed by atoms with Crippen LogP contribution < -0.4 is 15.1 Å². The van der Waals surface area contributed by atoms with Crippen LogP contribution in [0.1, 0.15) is 52.0 Å². The number of nitrogens with zero attached hydrogens (tertiary/aromatic N) is 2. The molecule has 1 aromatic carbocycles. The molecule has 1 aromatic rings. The van der Waals surface area contributed by atoms with Crippen molar-refractivity contribution in [3.05, 3.63) is 23.8 Å². The standard InChI is InChI=1S/C19H27N3O3/c1-5-6-7-10-22-16-12-14(25-4)8-9-15(16)18(19(22)24)21-20-17(23)11-13(2)3/h8-9,12-13H,5-7,10-11H2,1-4H3,(H,20,23)/b21-18-. The molecule has 2 amide bonds. The predicted molar refractivity (Wildman–Crippen MR) is 99.0 cm³/mol. The van der Waals surface area contributed by atoms with Gasteiger partial charge in [0.1, 0.15) is 5.75 Å². The Morgan fingerprint density at radius 1 is 1.32 bits per heavy atom. The molecule has 0 aromatic heterocycles. The van der Waals surface area contributed by atoms with Crippen molar-refractivity contribution < 1.29 is 14.3 Å². The zero-order chi connectivity index (χ0) is 18.4. The van der Waals surface area contributed by atoms with Crippen molar-refractivity contribution in [2.75, 3.05) is 18.6 Å². The van der Waals surface area contributed by atoms with Gasteiger partial charge in [-0.2, -0.15) is 5.10 Å². The van der Waals surface area contributed by atoms with Gasteiger partial charge in [-0.25, -0.2) is 5.43 Å². The fraction of sp³-hybridized carbons (Fsp3) is 0.526. The molecule has 0 unspecified atom stereocenters. The van der Waals surface area contributed by atoms with Crippen molar-refractivity contribution in [2.45, 2.75) is 46.5 Å². The van der Waals surface area contributed by atoms with Gasteiger partial charge < -0.3 is 9.64 Å². The molecule has 2 rings (SSSR count). The smallest absolute Gasteiger partial charge is 0.279 e. The van der Waals surface area contributed by atoms with Crippen molar-refractivity contribution in [2.24, 2.45) is 11.0 Å². The van der Waals surface area contributed by atoms with Gasteiger partial charge in [0, 0.05) is 24.6 Å². The summed E-state index contributed by atoms with van der Waals surface area (Å²) >= 11 is 0. The first-order chi connectivity index (χ1) is 12.0. The molecule has 6 heteroatoms. The lowest BCUT2D eigenvalue weighted by Gasteiger charge is -2.17. The molecule has 1 aliphatic rings. The van der Waals surface area contributed by atoms with Gasteiger partial charge in [0.25, 0.3) is 5.91 Å². The molecular formula is C19H27N3O3. The molecule has 0 radical (unpaired) electrons. The highest BCUT2D eigenvalue weighted by Gasteiger charge is 2.34. The highest BCUT2D eigenvalue weighted by Crippen LogP contribution is 2.33. The third-order valence-corrected chi connectivity index (χ3v) is 4.07. The van der Waals surface area contributed by atoms with Crippen LogP contribution in [0, 0.1) is 5.92 Å². The Labute approximate surface area is 149 Å². The summed E-state index contributed by atoms with van der Waals surface area (Å²) in [4.78, 5) is 26.4. The van der Waals surface area contributed by atoms with E-state index in [4.69, 9.17) is 4.74 Å². The number of fused-ring (bicyclic) bond motifs is 1. The summed E-state index contributed by atoms with van der Waals surface area (Å²) in [6, 6.07) is 5.46. The Hall–Kier alpha value is -2.37. The lowest BCUT2D eigenvalue weighted by molar-refractivity contribution is -0.121. The van der Waals surface area contributed by atoms with E-state index in [1.807, 2.05) is 26.0 Å². The van der Waals surface area contributed by atoms with Gasteiger partial charge in [-0.1, -0.05) is 33.6 Å². The van der Waals surface area contributed by atoms with Gasteiger partial charge in [-0.15, -0.1) is 0 Å². The summed E-state index contributed by atoms with van der Waals surface area (Å²) in [5.41, 5.74) is 4.32. The Morgan fingerprint density at radius 3 is 2.72 bits per heavy atom. The summed E-state index contributed by atoms with van der Waals surface area (Å²) in [5, 5.41) is 4.12. The second-order valence-corrected chi connectivity index (χ2v) is 6.64. The number of hydrazone groups is 1. The minimum atomic E-state index is -0.185. The first kappa shape index (κ1) is 19.0. The van der Waals surface area contributed by atoms with Crippen LogP contribution in [-0.2, 0) is 9.59 Å². The van der Waals surface area contributed by atoms with Crippen molar-refractivity contribution in [1.82, 2.24) is 5.43 Å². The summed E-state index contributed by atoms with van der Waals surface area (Å²) in [7, 11) is 1.60. The molecule has 0 atom stereocenters. The quantitative estimate of drug-likeness (QED) is 0.581. The van der Waals surface area contributed by atoms with Gasteiger partial charge in [-0.05, 0) is 24.5 Å². The van der Waals surface area contributed by atoms with Crippen LogP contribution in [0.4, 0.5) is 5.69 Å². The van der Waals surface area contributed by atoms with Crippen LogP contribution in [0.2, 0.25) is 0 Å². The van der Waals surface area contributed by atoms with Crippen LogP contribution in [0.15, 0.2) is 23.3 Å². The van der Waals surface area contributed by atoms with Crippen molar-refractivity contribution in [3.8, 4) is 5.75 Å². The number of anilines is 1. The second-order valence-electron chi connectivity index (χ2n) is 6.64. The summed E-state index contributed by atoms with van der Waals surface area (Å²) in [6.07, 6.45) is 3.44. The minimum Gasteiger partial charge on any atom is -0.497 e. The first-order valence-corrected chi connectivity index (χ1v) is 8.84. The molecular weight excluding hydrogens is 318 g/mol. The third-order valence-electron chi connectivity index (χ3n) is 4.07. The zero-order valence-electron chi connectivity index (χ0n) is 15.5. The SMILES string of the molecule is CCCCCN1C(=O)/C(=N\NC(=O)CC(C)C)c2ccc(OC)cc21. The van der Waals surface area contributed by atoms with Gasteiger partial charge in [0.15, 0.2) is 5.71 Å². The molecule has 25 heavy (non-hydrogen) atoms. The Morgan fingerprint density at radius 2 is 2.08 bits per heavy atom. The van der Waals surface area contributed by atoms with Gasteiger partial charge in [-0.3, -0.25) is 9.59 Å². The monoisotopic (exact) mass is 345 g/mol. The van der Waals surface area contributed by atoms with E-state index in [1.54, 1.807) is 18.1 Å². The number of nitrogens with one attached hydrogen (secondary N) is 1. The lowest BCUT2D eigenvalue weighted by atomic mass is 10.1. The van der Waals surface area contributed by atoms with Gasteiger partial charge in [0.2, 0.25) is 5.91 Å². The normalized spacial score (nSPS) is 15.0. The van der Waals surface area contributed by atoms with E-state index in [1.165, 1.54) is 0 Å². The number of carbonyl (C=O) groups excluding carboxylic acids is 2. The summed E-state index contributed by atoms with van der Waals surface area (Å²) in [6.45, 7) is 6.68. The van der Waals surface area contributed by atoms with Crippen LogP contribution in [0.25, 0.3) is 0 Å². The molecule has 0 saturated heterocycles. The minimum absolute atomic E-state index is 0.177. The number of ether oxygens (including phenoxy) is 1. The number of hydrogen-bond donors (Lipinski definition) is 1. The highest BCUT2D eigenvalue weighted by molar-refractivity contribution is 6.54. The highest BCUT2D eigenvalue weighted by atomic mass is 16.5. The van der Waals surface area contributed by atoms with E-state index in [-0.39, 0.29) is 23.4 Å². The average Bonchev–Trinajstić information content (AvgIpc) is 2.83. The van der Waals surface area contributed by atoms with E-state index in [0.29, 0.717) is 18.7 Å². The number of amides is 2. The number of rotatable bonds is 8. The maximum atomic E-state index is 12.8. The Kier molecular flexibility index (Phi) is 6.56. The van der Waals surface area contributed by atoms with E-state index >= 15 is 0 Å². The van der Waals surface area contributed by atoms with Crippen molar-refractivity contribution >= 4 is 23.2 Å². The Bertz CT molecular complexity index is 668. The number of methoxy groups -OCH3 is 1. The van der Waals surface area contributed by atoms with Crippen LogP contribution in [0.5, 0.6) is 5.75 Å². The molecule has 0 bridgehead atoms. The molecule has 1 aliphatic heterocycles. The summed E-state index contributed by atoms with van der Waals surface area (Å²) < 4.78 is 5.28. The number of carbonyl (C=O) groups is 2. The number of benzene rings is 1. The molecule has 0 fully saturated rings. The van der Waals surface area contributed by atoms with Crippen LogP contribution >= 0.6 is 0 Å². The third kappa shape index (κ3) is 4.59. The van der Waals surface area contributed by atoms with Crippen molar-refractivity contribution in [3.63, 3.8) is 0 Å². The van der Waals surface area contributed by atoms with Gasteiger partial charge in [0.05, 0.1) is 12.8 Å². The predicted octanol–water partition coefficient (Wildman–Crippen LogP) is 3.10. The second kappa shape index (κ2) is 8.65. The molecule has 1 N–H and O–H groups in total. The van der Waals surface area contributed by atoms with E-state index in [2.05, 4.69) is 17.5 Å². The zero-order valence-corrected chi connectivity index (χ0v) is 15.5. The maximum absolute atomic E-state index is 12.8. The molecule has 0 spiro atoms. The average molecular weight is 345 g/mol. The van der Waals surface area contributed by atoms with E-state index < -0.39 is 0 Å². The van der Waals surface area contributed by atoms with Gasteiger partial charge >= 0.3 is 0 Å². The molecule has 0 aliphatic carbocycles. The lowest BCUT2D eigenvalue weighted by Crippen LogP contribution is -2.32. The van der Waals surface area contributed by atoms with Crippen molar-refractivity contribution in [1.29, 1.82) is 0 Å². The number of unbranched alkanes of at least 4 members (excludes halogenated alkanes) is 2. The molecule has 136 valence electrons. The van der Waals surface area contributed by atoms with E-state index in [9.17, 15) is 9.59 Å². The fourth-order valence-corrected chi connectivity index (χ4v) is 2.80. The molecule has 6 nitrogen and oxygen atoms in total. The van der Waals surface area contributed by atoms with Crippen LogP contribution in [0.3, 0.4) is 0 Å². The first-order valence-electron chi connectivity index (χ1n) is 8.84. The topological polar surface area (TPSA) is 71.0 Å². The largest absolute Gasteiger partial charge is 0.497 e. The molecule has 1 heterocycles. The van der Waals surface area contributed by atoms with E-state index in [0.717, 1.165) is 30.5 Å². The van der Waals surface area contributed by atoms with Crippen LogP contribution in [-0.4, -0.2) is 31.2 Å². The number of hydrogen-bond acceptors (Lipinski definition) is 4. The fourth-order valence-electron chi connectivity index (χ4n) is 2.80. The maximum Gasteiger partial charge on any atom is 0.279 e. The summed E-state index contributed by atoms with van der Waals surface area (Å²) in [5.74, 6) is 0.567. The molecule has 0 saturated carbocycles. The Balaban J connectivity index is 2.27.